The molecule has 0 amide bonds. The second-order valence-electron chi connectivity index (χ2n) is 3.52. The van der Waals surface area contributed by atoms with E-state index in [0.717, 1.165) is 11.8 Å². The number of rotatable bonds is 0. The largest absolute Gasteiger partial charge is 0.0905 e. The van der Waals surface area contributed by atoms with Gasteiger partial charge >= 0.3 is 0 Å². The smallest absolute Gasteiger partial charge is 0.0882 e. The van der Waals surface area contributed by atoms with Gasteiger partial charge in [-0.3, -0.25) is 0 Å². The van der Waals surface area contributed by atoms with Gasteiger partial charge in [-0.25, -0.2) is 0 Å². The van der Waals surface area contributed by atoms with Crippen LogP contribution in [0.1, 0.15) is 25.7 Å². The topological polar surface area (TPSA) is 0 Å². The maximum atomic E-state index is 3.71. The van der Waals surface area contributed by atoms with E-state index in [1.54, 1.807) is 0 Å². The van der Waals surface area contributed by atoms with Gasteiger partial charge in [0, 0.05) is 5.92 Å². The summed E-state index contributed by atoms with van der Waals surface area (Å²) >= 11 is 7.43. The van der Waals surface area contributed by atoms with E-state index in [2.05, 4.69) is 44.0 Å². The summed E-state index contributed by atoms with van der Waals surface area (Å²) < 4.78 is 0.265. The van der Waals surface area contributed by atoms with Crippen molar-refractivity contribution in [3.8, 4) is 0 Å². The van der Waals surface area contributed by atoms with Gasteiger partial charge in [0.15, 0.2) is 0 Å². The van der Waals surface area contributed by atoms with Crippen molar-refractivity contribution >= 4 is 31.9 Å². The predicted octanol–water partition coefficient (Wildman–Crippen LogP) is 3.85. The number of alkyl halides is 2. The second kappa shape index (κ2) is 2.88. The second-order valence-corrected chi connectivity index (χ2v) is 7.21. The Hall–Kier alpha value is 0.700. The van der Waals surface area contributed by atoms with Crippen molar-refractivity contribution in [3.63, 3.8) is 0 Å². The molecule has 0 heterocycles. The van der Waals surface area contributed by atoms with Crippen LogP contribution in [0.2, 0.25) is 0 Å². The Labute approximate surface area is 84.7 Å². The van der Waals surface area contributed by atoms with Crippen molar-refractivity contribution in [1.82, 2.24) is 0 Å². The summed E-state index contributed by atoms with van der Waals surface area (Å²) in [5.41, 5.74) is 0. The molecule has 0 radical (unpaired) electrons. The summed E-state index contributed by atoms with van der Waals surface area (Å²) in [4.78, 5) is 0. The van der Waals surface area contributed by atoms with E-state index in [1.807, 2.05) is 0 Å². The van der Waals surface area contributed by atoms with Crippen LogP contribution in [-0.2, 0) is 0 Å². The highest BCUT2D eigenvalue weighted by Crippen LogP contribution is 2.64. The molecule has 2 rings (SSSR count). The summed E-state index contributed by atoms with van der Waals surface area (Å²) in [5.74, 6) is 1.60. The lowest BCUT2D eigenvalue weighted by atomic mass is 10.1. The minimum atomic E-state index is 0.265. The standard InChI is InChI=1S/C9H12Br2/c10-9(11)7-5-3-1-2-4-6-8(7)9/h3,5,7-8H,1-2,4,6H2/t7-,8-/m0/s1. The first-order valence-corrected chi connectivity index (χ1v) is 5.86. The predicted molar refractivity (Wildman–Crippen MR) is 55.2 cm³/mol. The molecule has 0 spiro atoms. The van der Waals surface area contributed by atoms with E-state index < -0.39 is 0 Å². The van der Waals surface area contributed by atoms with E-state index in [-0.39, 0.29) is 3.23 Å². The molecule has 0 aliphatic heterocycles. The van der Waals surface area contributed by atoms with Gasteiger partial charge in [0.05, 0.1) is 3.23 Å². The van der Waals surface area contributed by atoms with E-state index >= 15 is 0 Å². The minimum Gasteiger partial charge on any atom is -0.0882 e. The zero-order valence-electron chi connectivity index (χ0n) is 6.39. The van der Waals surface area contributed by atoms with E-state index in [0.29, 0.717) is 0 Å². The van der Waals surface area contributed by atoms with Gasteiger partial charge in [0.25, 0.3) is 0 Å². The molecule has 0 unspecified atom stereocenters. The van der Waals surface area contributed by atoms with Crippen molar-refractivity contribution < 1.29 is 0 Å². The molecule has 1 fully saturated rings. The van der Waals surface area contributed by atoms with Crippen molar-refractivity contribution in [3.05, 3.63) is 12.2 Å². The molecule has 0 aromatic heterocycles. The van der Waals surface area contributed by atoms with Crippen molar-refractivity contribution in [2.45, 2.75) is 28.9 Å². The lowest BCUT2D eigenvalue weighted by Crippen LogP contribution is -1.88. The van der Waals surface area contributed by atoms with Crippen LogP contribution in [0, 0.1) is 11.8 Å². The van der Waals surface area contributed by atoms with Crippen LogP contribution in [0.5, 0.6) is 0 Å². The van der Waals surface area contributed by atoms with Crippen LogP contribution >= 0.6 is 31.9 Å². The van der Waals surface area contributed by atoms with Crippen LogP contribution in [0.3, 0.4) is 0 Å². The molecule has 62 valence electrons. The van der Waals surface area contributed by atoms with E-state index in [4.69, 9.17) is 0 Å². The third-order valence-corrected chi connectivity index (χ3v) is 4.98. The molecule has 1 saturated carbocycles. The van der Waals surface area contributed by atoms with Crippen molar-refractivity contribution in [2.75, 3.05) is 0 Å². The SMILES string of the molecule is BrC1(Br)[C@H]2C=CCCCC[C@@H]21. The molecule has 2 atom stereocenters. The van der Waals surface area contributed by atoms with Gasteiger partial charge in [0.1, 0.15) is 0 Å². The molecular weight excluding hydrogens is 268 g/mol. The highest BCUT2D eigenvalue weighted by Gasteiger charge is 2.59. The summed E-state index contributed by atoms with van der Waals surface area (Å²) in [6.45, 7) is 0. The van der Waals surface area contributed by atoms with Crippen LogP contribution < -0.4 is 0 Å². The zero-order chi connectivity index (χ0) is 7.90. The summed E-state index contributed by atoms with van der Waals surface area (Å²) in [6, 6.07) is 0. The van der Waals surface area contributed by atoms with Crippen molar-refractivity contribution in [1.29, 1.82) is 0 Å². The first-order chi connectivity index (χ1) is 5.23. The lowest BCUT2D eigenvalue weighted by molar-refractivity contribution is 0.605. The molecule has 0 nitrogen and oxygen atoms in total. The fourth-order valence-corrected chi connectivity index (χ4v) is 3.63. The maximum absolute atomic E-state index is 3.71. The average Bonchev–Trinajstić information content (AvgIpc) is 2.29. The Morgan fingerprint density at radius 1 is 1.27 bits per heavy atom. The van der Waals surface area contributed by atoms with Gasteiger partial charge in [-0.15, -0.1) is 0 Å². The number of fused-ring (bicyclic) bond motifs is 1. The Morgan fingerprint density at radius 2 is 2.09 bits per heavy atom. The minimum absolute atomic E-state index is 0.265. The molecule has 0 bridgehead atoms. The van der Waals surface area contributed by atoms with Crippen LogP contribution in [0.15, 0.2) is 12.2 Å². The van der Waals surface area contributed by atoms with Crippen LogP contribution in [0.4, 0.5) is 0 Å². The molecule has 11 heavy (non-hydrogen) atoms. The van der Waals surface area contributed by atoms with E-state index in [9.17, 15) is 0 Å². The highest BCUT2D eigenvalue weighted by molar-refractivity contribution is 9.25. The van der Waals surface area contributed by atoms with Gasteiger partial charge in [-0.05, 0) is 25.2 Å². The fourth-order valence-electron chi connectivity index (χ4n) is 1.92. The van der Waals surface area contributed by atoms with Crippen LogP contribution in [0.25, 0.3) is 0 Å². The third-order valence-electron chi connectivity index (χ3n) is 2.74. The van der Waals surface area contributed by atoms with Crippen LogP contribution in [-0.4, -0.2) is 3.23 Å². The normalized spacial score (nSPS) is 40.5. The van der Waals surface area contributed by atoms with Gasteiger partial charge in [0.2, 0.25) is 0 Å². The van der Waals surface area contributed by atoms with Crippen molar-refractivity contribution in [2.24, 2.45) is 11.8 Å². The monoisotopic (exact) mass is 278 g/mol. The fraction of sp³-hybridized carbons (Fsp3) is 0.778. The Bertz CT molecular complexity index is 184. The highest BCUT2D eigenvalue weighted by atomic mass is 79.9. The Morgan fingerprint density at radius 3 is 2.91 bits per heavy atom. The summed E-state index contributed by atoms with van der Waals surface area (Å²) in [6.07, 6.45) is 10.1. The molecule has 0 aromatic rings. The first-order valence-electron chi connectivity index (χ1n) is 4.27. The third kappa shape index (κ3) is 1.44. The molecule has 0 aromatic carbocycles. The average molecular weight is 280 g/mol. The molecule has 0 saturated heterocycles. The van der Waals surface area contributed by atoms with Gasteiger partial charge < -0.3 is 0 Å². The zero-order valence-corrected chi connectivity index (χ0v) is 9.57. The quantitative estimate of drug-likeness (QED) is 0.467. The van der Waals surface area contributed by atoms with Gasteiger partial charge in [-0.2, -0.15) is 0 Å². The first kappa shape index (κ1) is 8.31. The Balaban J connectivity index is 2.07. The molecule has 0 N–H and O–H groups in total. The molecule has 2 heteroatoms. The summed E-state index contributed by atoms with van der Waals surface area (Å²) in [5, 5.41) is 0. The maximum Gasteiger partial charge on any atom is 0.0905 e. The van der Waals surface area contributed by atoms with E-state index in [1.165, 1.54) is 25.7 Å². The van der Waals surface area contributed by atoms with Gasteiger partial charge in [-0.1, -0.05) is 50.4 Å². The molecular formula is C9H12Br2. The Kier molecular flexibility index (Phi) is 2.17. The summed E-state index contributed by atoms with van der Waals surface area (Å²) in [7, 11) is 0. The number of halogens is 2. The molecule has 2 aliphatic rings. The number of hydrogen-bond donors (Lipinski definition) is 0. The number of allylic oxidation sites excluding steroid dienone is 2. The lowest BCUT2D eigenvalue weighted by Gasteiger charge is -1.99. The number of hydrogen-bond acceptors (Lipinski definition) is 0. The molecule has 2 aliphatic carbocycles.